The Balaban J connectivity index is 1.32. The Bertz CT molecular complexity index is 2800. The molecule has 7 aromatic rings. The van der Waals surface area contributed by atoms with E-state index in [1.165, 1.54) is 0 Å². The first-order valence-corrected chi connectivity index (χ1v) is 25.3. The van der Waals surface area contributed by atoms with Crippen LogP contribution in [0.15, 0.2) is 118 Å². The molecule has 0 spiro atoms. The van der Waals surface area contributed by atoms with Gasteiger partial charge in [0, 0.05) is 33.0 Å². The van der Waals surface area contributed by atoms with Crippen molar-refractivity contribution >= 4 is 95.5 Å². The highest BCUT2D eigenvalue weighted by molar-refractivity contribution is 14.1. The lowest BCUT2D eigenvalue weighted by Crippen LogP contribution is -2.00. The van der Waals surface area contributed by atoms with E-state index in [0.717, 1.165) is 78.0 Å². The normalized spacial score (nSPS) is 12.8. The van der Waals surface area contributed by atoms with Gasteiger partial charge in [0.15, 0.2) is 22.9 Å². The van der Waals surface area contributed by atoms with E-state index in [4.69, 9.17) is 45.4 Å². The van der Waals surface area contributed by atoms with Gasteiger partial charge in [0.05, 0.1) is 35.6 Å². The first kappa shape index (κ1) is 45.8. The van der Waals surface area contributed by atoms with Gasteiger partial charge in [-0.05, 0) is 131 Å². The van der Waals surface area contributed by atoms with Crippen molar-refractivity contribution in [2.75, 3.05) is 28.4 Å². The SMILES string of the molecule is CCCCc1cc(OC)cc(-c2cc(OC)cc(I)c2OP2OC(c3ccccc3)=C(c3ccccc3)O2)c1Op1oc2c(I)cc(OC)cc2c2cc(OC)cc(CCCC)c2o1. The molecule has 2 heterocycles. The highest BCUT2D eigenvalue weighted by Gasteiger charge is 2.36. The van der Waals surface area contributed by atoms with Crippen LogP contribution in [-0.4, -0.2) is 28.4 Å². The topological polar surface area (TPSA) is 100 Å². The number of hydrogen-bond donors (Lipinski definition) is 0. The van der Waals surface area contributed by atoms with Gasteiger partial charge >= 0.3 is 16.8 Å². The monoisotopic (exact) mass is 1120 g/mol. The van der Waals surface area contributed by atoms with Crippen molar-refractivity contribution in [3.63, 3.8) is 0 Å². The molecule has 0 aliphatic carbocycles. The third-order valence-corrected chi connectivity index (χ3v) is 14.3. The third kappa shape index (κ3) is 9.90. The lowest BCUT2D eigenvalue weighted by molar-refractivity contribution is 0.387. The number of rotatable bonds is 17. The Morgan fingerprint density at radius 2 is 0.969 bits per heavy atom. The highest BCUT2D eigenvalue weighted by Crippen LogP contribution is 2.59. The van der Waals surface area contributed by atoms with E-state index in [-0.39, 0.29) is 0 Å². The lowest BCUT2D eigenvalue weighted by atomic mass is 9.97. The van der Waals surface area contributed by atoms with E-state index in [0.29, 0.717) is 69.0 Å². The Labute approximate surface area is 403 Å². The summed E-state index contributed by atoms with van der Waals surface area (Å²) in [5, 5.41) is 1.66. The maximum atomic E-state index is 7.21. The molecule has 0 saturated heterocycles. The fourth-order valence-electron chi connectivity index (χ4n) is 7.42. The number of aryl methyl sites for hydroxylation is 2. The first-order valence-electron chi connectivity index (χ1n) is 21.0. The van der Waals surface area contributed by atoms with Crippen molar-refractivity contribution in [3.05, 3.63) is 139 Å². The lowest BCUT2D eigenvalue weighted by Gasteiger charge is -2.20. The van der Waals surface area contributed by atoms with Crippen molar-refractivity contribution < 1.29 is 45.4 Å². The number of ether oxygens (including phenoxy) is 4. The summed E-state index contributed by atoms with van der Waals surface area (Å²) in [5.41, 5.74) is 6.35. The van der Waals surface area contributed by atoms with Crippen molar-refractivity contribution in [1.29, 1.82) is 0 Å². The molecule has 0 saturated carbocycles. The maximum absolute atomic E-state index is 7.21. The standard InChI is InChI=1S/C50H48I2O10P2/c1-7-9-17-33-23-35(53-3)25-39-41-27-37(55-5)29-43(51)49(41)61-63(57-45(33)39)58-46-34(18-10-8-2)24-36(54-4)26-40(46)42-28-38(56-6)30-44(52)50(42)62-64-59-47(31-19-13-11-14-20-31)48(60-64)32-21-15-12-16-22-32/h11-16,19-30H,7-10,17-18H2,1-6H3. The predicted molar refractivity (Wildman–Crippen MR) is 273 cm³/mol. The summed E-state index contributed by atoms with van der Waals surface area (Å²) < 4.78 is 66.4. The van der Waals surface area contributed by atoms with E-state index in [2.05, 4.69) is 59.0 Å². The van der Waals surface area contributed by atoms with Crippen molar-refractivity contribution in [2.45, 2.75) is 52.4 Å². The first-order chi connectivity index (χ1) is 31.2. The largest absolute Gasteiger partial charge is 0.530 e. The second-order valence-corrected chi connectivity index (χ2v) is 19.2. The van der Waals surface area contributed by atoms with Gasteiger partial charge in [0.2, 0.25) is 0 Å². The van der Waals surface area contributed by atoms with Gasteiger partial charge in [-0.15, -0.1) is 0 Å². The molecule has 0 bridgehead atoms. The number of fused-ring (bicyclic) bond motifs is 3. The van der Waals surface area contributed by atoms with Crippen LogP contribution in [0.4, 0.5) is 0 Å². The molecule has 1 aliphatic rings. The zero-order chi connectivity index (χ0) is 44.7. The summed E-state index contributed by atoms with van der Waals surface area (Å²) in [4.78, 5) is 0. The maximum Gasteiger partial charge on any atom is 0.530 e. The molecule has 0 N–H and O–H groups in total. The van der Waals surface area contributed by atoms with Gasteiger partial charge in [0.1, 0.15) is 34.3 Å². The molecule has 1 aromatic heterocycles. The van der Waals surface area contributed by atoms with Crippen LogP contribution in [0.5, 0.6) is 34.5 Å². The minimum atomic E-state index is -2.13. The van der Waals surface area contributed by atoms with Crippen LogP contribution in [-0.2, 0) is 21.9 Å². The molecule has 14 heteroatoms. The second-order valence-electron chi connectivity index (χ2n) is 14.9. The zero-order valence-corrected chi connectivity index (χ0v) is 42.5. The fourth-order valence-corrected chi connectivity index (χ4v) is 11.5. The number of benzene rings is 6. The minimum absolute atomic E-state index is 0.524. The number of methoxy groups -OCH3 is 4. The predicted octanol–water partition coefficient (Wildman–Crippen LogP) is 15.9. The number of hydrogen-bond acceptors (Lipinski definition) is 10. The van der Waals surface area contributed by atoms with Crippen LogP contribution in [0.1, 0.15) is 61.8 Å². The summed E-state index contributed by atoms with van der Waals surface area (Å²) >= 11 is 4.56. The Morgan fingerprint density at radius 3 is 1.55 bits per heavy atom. The zero-order valence-electron chi connectivity index (χ0n) is 36.4. The molecular weight excluding hydrogens is 1080 g/mol. The molecule has 1 aliphatic heterocycles. The van der Waals surface area contributed by atoms with Gasteiger partial charge in [0.25, 0.3) is 0 Å². The molecule has 0 radical (unpaired) electrons. The van der Waals surface area contributed by atoms with Gasteiger partial charge < -0.3 is 45.4 Å². The summed E-state index contributed by atoms with van der Waals surface area (Å²) in [6, 6.07) is 35.6. The van der Waals surface area contributed by atoms with E-state index >= 15 is 0 Å². The molecule has 8 rings (SSSR count). The second kappa shape index (κ2) is 21.0. The van der Waals surface area contributed by atoms with Crippen LogP contribution in [0.3, 0.4) is 0 Å². The summed E-state index contributed by atoms with van der Waals surface area (Å²) in [7, 11) is 2.54. The molecule has 10 nitrogen and oxygen atoms in total. The smallest absolute Gasteiger partial charge is 0.497 e. The van der Waals surface area contributed by atoms with E-state index in [1.54, 1.807) is 28.4 Å². The van der Waals surface area contributed by atoms with Crippen LogP contribution in [0, 0.1) is 7.14 Å². The fraction of sp³-hybridized carbons (Fsp3) is 0.240. The van der Waals surface area contributed by atoms with Gasteiger partial charge in [-0.3, -0.25) is 0 Å². The molecule has 1 atom stereocenters. The Kier molecular flexibility index (Phi) is 15.1. The van der Waals surface area contributed by atoms with Crippen LogP contribution in [0.25, 0.3) is 44.6 Å². The average Bonchev–Trinajstić information content (AvgIpc) is 3.68. The molecule has 0 fully saturated rings. The Hall–Kier alpha value is -4.75. The average molecular weight is 1120 g/mol. The summed E-state index contributed by atoms with van der Waals surface area (Å²) in [5.74, 6) is 4.99. The summed E-state index contributed by atoms with van der Waals surface area (Å²) in [6.07, 6.45) is 5.29. The molecule has 1 unspecified atom stereocenters. The van der Waals surface area contributed by atoms with E-state index in [1.807, 2.05) is 109 Å². The van der Waals surface area contributed by atoms with Crippen LogP contribution >= 0.6 is 62.0 Å². The molecule has 6 aromatic carbocycles. The minimum Gasteiger partial charge on any atom is -0.497 e. The van der Waals surface area contributed by atoms with Gasteiger partial charge in [-0.1, -0.05) is 87.4 Å². The quantitative estimate of drug-likeness (QED) is 0.0647. The van der Waals surface area contributed by atoms with Crippen molar-refractivity contribution in [3.8, 4) is 45.6 Å². The van der Waals surface area contributed by atoms with Gasteiger partial charge in [-0.2, -0.15) is 0 Å². The molecule has 332 valence electrons. The highest BCUT2D eigenvalue weighted by atomic mass is 127. The number of halogens is 2. The van der Waals surface area contributed by atoms with Crippen LogP contribution in [0.2, 0.25) is 0 Å². The van der Waals surface area contributed by atoms with E-state index in [9.17, 15) is 0 Å². The summed E-state index contributed by atoms with van der Waals surface area (Å²) in [6.45, 7) is 4.34. The molecule has 64 heavy (non-hydrogen) atoms. The van der Waals surface area contributed by atoms with Crippen LogP contribution < -0.4 is 28.0 Å². The van der Waals surface area contributed by atoms with Crippen molar-refractivity contribution in [2.24, 2.45) is 0 Å². The Morgan fingerprint density at radius 1 is 0.500 bits per heavy atom. The third-order valence-electron chi connectivity index (χ3n) is 10.7. The molecule has 0 amide bonds. The van der Waals surface area contributed by atoms with Gasteiger partial charge in [-0.25, -0.2) is 0 Å². The van der Waals surface area contributed by atoms with E-state index < -0.39 is 16.8 Å². The number of unbranched alkanes of at least 4 members (excludes halogenated alkanes) is 2. The van der Waals surface area contributed by atoms with Crippen molar-refractivity contribution in [1.82, 2.24) is 0 Å². The molecular formula is C50H48I2O10P2.